The van der Waals surface area contributed by atoms with E-state index in [0.29, 0.717) is 5.57 Å². The predicted octanol–water partition coefficient (Wildman–Crippen LogP) is 5.40. The van der Waals surface area contributed by atoms with Gasteiger partial charge in [0.05, 0.1) is 0 Å². The maximum atomic E-state index is 13.1. The lowest BCUT2D eigenvalue weighted by Crippen LogP contribution is -2.20. The molecule has 0 saturated heterocycles. The van der Waals surface area contributed by atoms with E-state index in [4.69, 9.17) is 0 Å². The van der Waals surface area contributed by atoms with Crippen LogP contribution in [-0.4, -0.2) is 5.78 Å². The first-order chi connectivity index (χ1) is 12.2. The minimum atomic E-state index is -0.286. The van der Waals surface area contributed by atoms with Gasteiger partial charge in [0.25, 0.3) is 0 Å². The number of carbonyl (C=O) groups is 1. The number of halogens is 1. The van der Waals surface area contributed by atoms with Crippen molar-refractivity contribution in [1.29, 1.82) is 0 Å². The Morgan fingerprint density at radius 1 is 0.640 bits per heavy atom. The molecule has 0 fully saturated rings. The maximum Gasteiger partial charge on any atom is 0.194 e. The van der Waals surface area contributed by atoms with Crippen LogP contribution in [0.15, 0.2) is 90.5 Å². The van der Waals surface area contributed by atoms with Crippen LogP contribution in [0.1, 0.15) is 16.7 Å². The number of benzene rings is 3. The topological polar surface area (TPSA) is 17.1 Å². The van der Waals surface area contributed by atoms with Gasteiger partial charge in [0.1, 0.15) is 5.82 Å². The molecule has 0 unspecified atom stereocenters. The van der Waals surface area contributed by atoms with Crippen LogP contribution in [0, 0.1) is 5.82 Å². The summed E-state index contributed by atoms with van der Waals surface area (Å²) in [4.78, 5) is 12.8. The number of Topliss-reactive ketones (excluding diaryl/α,β-unsaturated/α-hetero) is 1. The van der Waals surface area contributed by atoms with Crippen LogP contribution in [0.25, 0.3) is 17.2 Å². The van der Waals surface area contributed by atoms with Gasteiger partial charge in [0.15, 0.2) is 5.78 Å². The van der Waals surface area contributed by atoms with Gasteiger partial charge >= 0.3 is 0 Å². The Hall–Kier alpha value is -3.26. The molecule has 0 atom stereocenters. The molecule has 0 bridgehead atoms. The van der Waals surface area contributed by atoms with Crippen molar-refractivity contribution in [3.05, 3.63) is 113 Å². The molecule has 0 saturated carbocycles. The Morgan fingerprint density at radius 3 is 1.72 bits per heavy atom. The van der Waals surface area contributed by atoms with E-state index >= 15 is 0 Å². The van der Waals surface area contributed by atoms with E-state index in [9.17, 15) is 9.18 Å². The normalized spacial score (nSPS) is 15.4. The zero-order valence-electron chi connectivity index (χ0n) is 13.4. The van der Waals surface area contributed by atoms with Crippen molar-refractivity contribution in [2.45, 2.75) is 0 Å². The van der Waals surface area contributed by atoms with Gasteiger partial charge in [-0.25, -0.2) is 4.39 Å². The lowest BCUT2D eigenvalue weighted by molar-refractivity contribution is -0.110. The minimum absolute atomic E-state index is 0.0226. The monoisotopic (exact) mass is 326 g/mol. The Morgan fingerprint density at radius 2 is 1.16 bits per heavy atom. The molecule has 0 radical (unpaired) electrons. The van der Waals surface area contributed by atoms with E-state index in [1.54, 1.807) is 12.1 Å². The highest BCUT2D eigenvalue weighted by molar-refractivity contribution is 6.51. The summed E-state index contributed by atoms with van der Waals surface area (Å²) in [6.45, 7) is 0. The van der Waals surface area contributed by atoms with Gasteiger partial charge in [0, 0.05) is 16.7 Å². The number of rotatable bonds is 3. The van der Waals surface area contributed by atoms with Crippen LogP contribution in [0.3, 0.4) is 0 Å². The standard InChI is InChI=1S/C23H15FO/c24-19-13-11-16(12-14-19)15-20-21(17-7-3-1-4-8-17)22(23(20)25)18-9-5-2-6-10-18/h1-15H. The summed E-state index contributed by atoms with van der Waals surface area (Å²) in [6, 6.07) is 25.7. The fourth-order valence-corrected chi connectivity index (χ4v) is 3.08. The largest absolute Gasteiger partial charge is 0.289 e. The van der Waals surface area contributed by atoms with Gasteiger partial charge in [-0.2, -0.15) is 0 Å². The van der Waals surface area contributed by atoms with Gasteiger partial charge in [-0.15, -0.1) is 0 Å². The van der Waals surface area contributed by atoms with Crippen molar-refractivity contribution in [2.24, 2.45) is 0 Å². The number of allylic oxidation sites excluding steroid dienone is 3. The molecule has 0 heterocycles. The highest BCUT2D eigenvalue weighted by atomic mass is 19.1. The molecular formula is C23H15FO. The number of carbonyl (C=O) groups excluding carboxylic acids is 1. The van der Waals surface area contributed by atoms with E-state index < -0.39 is 0 Å². The smallest absolute Gasteiger partial charge is 0.194 e. The molecule has 0 amide bonds. The summed E-state index contributed by atoms with van der Waals surface area (Å²) in [5.74, 6) is -0.264. The number of ketones is 1. The van der Waals surface area contributed by atoms with Crippen molar-refractivity contribution in [1.82, 2.24) is 0 Å². The Balaban J connectivity index is 1.87. The third-order valence-electron chi connectivity index (χ3n) is 4.30. The van der Waals surface area contributed by atoms with Crippen molar-refractivity contribution in [2.75, 3.05) is 0 Å². The molecule has 2 heteroatoms. The van der Waals surface area contributed by atoms with E-state index in [1.165, 1.54) is 12.1 Å². The highest BCUT2D eigenvalue weighted by Crippen LogP contribution is 2.44. The molecule has 1 nitrogen and oxygen atoms in total. The van der Waals surface area contributed by atoms with Crippen molar-refractivity contribution >= 4 is 23.0 Å². The summed E-state index contributed by atoms with van der Waals surface area (Å²) in [7, 11) is 0. The van der Waals surface area contributed by atoms with Crippen LogP contribution >= 0.6 is 0 Å². The summed E-state index contributed by atoms with van der Waals surface area (Å²) < 4.78 is 13.1. The number of hydrogen-bond donors (Lipinski definition) is 0. The zero-order valence-corrected chi connectivity index (χ0v) is 13.4. The van der Waals surface area contributed by atoms with Gasteiger partial charge in [0.2, 0.25) is 0 Å². The van der Waals surface area contributed by atoms with Crippen LogP contribution in [0.2, 0.25) is 0 Å². The maximum absolute atomic E-state index is 13.1. The second-order valence-electron chi connectivity index (χ2n) is 5.92. The lowest BCUT2D eigenvalue weighted by Gasteiger charge is -2.27. The lowest BCUT2D eigenvalue weighted by atomic mass is 9.74. The molecular weight excluding hydrogens is 311 g/mol. The second kappa shape index (κ2) is 6.33. The van der Waals surface area contributed by atoms with Crippen LogP contribution in [-0.2, 0) is 4.79 Å². The molecule has 3 aromatic rings. The van der Waals surface area contributed by atoms with Crippen molar-refractivity contribution in [3.8, 4) is 0 Å². The molecule has 0 aromatic heterocycles. The van der Waals surface area contributed by atoms with Crippen LogP contribution in [0.4, 0.5) is 4.39 Å². The quantitative estimate of drug-likeness (QED) is 0.589. The predicted molar refractivity (Wildman–Crippen MR) is 99.1 cm³/mol. The Bertz CT molecular complexity index is 981. The highest BCUT2D eigenvalue weighted by Gasteiger charge is 2.34. The fourth-order valence-electron chi connectivity index (χ4n) is 3.08. The second-order valence-corrected chi connectivity index (χ2v) is 5.92. The average molecular weight is 326 g/mol. The number of hydrogen-bond acceptors (Lipinski definition) is 1. The Labute approximate surface area is 145 Å². The first kappa shape index (κ1) is 15.3. The minimum Gasteiger partial charge on any atom is -0.289 e. The molecule has 120 valence electrons. The molecule has 0 N–H and O–H groups in total. The molecule has 25 heavy (non-hydrogen) atoms. The third kappa shape index (κ3) is 2.83. The van der Waals surface area contributed by atoms with Gasteiger partial charge in [-0.05, 0) is 34.9 Å². The van der Waals surface area contributed by atoms with E-state index in [2.05, 4.69) is 0 Å². The van der Waals surface area contributed by atoms with Crippen LogP contribution in [0.5, 0.6) is 0 Å². The molecule has 0 spiro atoms. The van der Waals surface area contributed by atoms with Crippen LogP contribution < -0.4 is 0 Å². The Kier molecular flexibility index (Phi) is 3.87. The zero-order chi connectivity index (χ0) is 17.2. The first-order valence-corrected chi connectivity index (χ1v) is 8.11. The summed E-state index contributed by atoms with van der Waals surface area (Å²) >= 11 is 0. The van der Waals surface area contributed by atoms with E-state index in [-0.39, 0.29) is 11.6 Å². The molecule has 4 rings (SSSR count). The van der Waals surface area contributed by atoms with Gasteiger partial charge < -0.3 is 0 Å². The summed E-state index contributed by atoms with van der Waals surface area (Å²) in [6.07, 6.45) is 1.83. The molecule has 1 aliphatic rings. The SMILES string of the molecule is O=C1C(=Cc2ccc(F)cc2)C(c2ccccc2)=C1c1ccccc1. The average Bonchev–Trinajstić information content (AvgIpc) is 2.66. The first-order valence-electron chi connectivity index (χ1n) is 8.11. The molecule has 3 aromatic carbocycles. The van der Waals surface area contributed by atoms with Crippen molar-refractivity contribution < 1.29 is 9.18 Å². The fraction of sp³-hybridized carbons (Fsp3) is 0. The summed E-state index contributed by atoms with van der Waals surface area (Å²) in [5, 5.41) is 0. The third-order valence-corrected chi connectivity index (χ3v) is 4.30. The van der Waals surface area contributed by atoms with E-state index in [1.807, 2.05) is 66.7 Å². The van der Waals surface area contributed by atoms with Crippen molar-refractivity contribution in [3.63, 3.8) is 0 Å². The van der Waals surface area contributed by atoms with Gasteiger partial charge in [-0.1, -0.05) is 72.8 Å². The van der Waals surface area contributed by atoms with Gasteiger partial charge in [-0.3, -0.25) is 4.79 Å². The van der Waals surface area contributed by atoms with E-state index in [0.717, 1.165) is 27.8 Å². The molecule has 0 aliphatic heterocycles. The summed E-state index contributed by atoms with van der Waals surface area (Å²) in [5.41, 5.74) is 5.08. The molecule has 1 aliphatic carbocycles.